The molecule has 0 aromatic heterocycles. The monoisotopic (exact) mass is 424 g/mol. The van der Waals surface area contributed by atoms with Gasteiger partial charge in [0.05, 0.1) is 6.04 Å². The lowest BCUT2D eigenvalue weighted by molar-refractivity contribution is -0.266. The Morgan fingerprint density at radius 2 is 1.85 bits per heavy atom. The molecule has 2 unspecified atom stereocenters. The zero-order valence-corrected chi connectivity index (χ0v) is 17.3. The number of hydrogen-bond donors (Lipinski definition) is 1. The topological polar surface area (TPSA) is 50.8 Å². The molecule has 1 N–H and O–H groups in total. The molecule has 1 aliphatic carbocycles. The van der Waals surface area contributed by atoms with Crippen LogP contribution in [-0.4, -0.2) is 56.5 Å². The van der Waals surface area contributed by atoms with Crippen LogP contribution < -0.4 is 5.32 Å². The van der Waals surface area contributed by atoms with E-state index >= 15 is 0 Å². The van der Waals surface area contributed by atoms with E-state index in [1.807, 2.05) is 24.3 Å². The number of nitrogens with one attached hydrogen (secondary N) is 1. The Labute approximate surface area is 164 Å². The van der Waals surface area contributed by atoms with Gasteiger partial charge in [-0.25, -0.2) is 0 Å². The molecule has 0 bridgehead atoms. The minimum atomic E-state index is -0.574. The molecule has 1 heterocycles. The highest BCUT2D eigenvalue weighted by molar-refractivity contribution is 9.10. The minimum Gasteiger partial charge on any atom is -0.352 e. The number of benzene rings is 1. The summed E-state index contributed by atoms with van der Waals surface area (Å²) in [5.74, 6) is -0.278. The fourth-order valence-electron chi connectivity index (χ4n) is 4.54. The maximum absolute atomic E-state index is 12.5. The molecule has 1 saturated heterocycles. The van der Waals surface area contributed by atoms with Crippen molar-refractivity contribution in [1.29, 1.82) is 0 Å². The van der Waals surface area contributed by atoms with Crippen molar-refractivity contribution in [1.82, 2.24) is 10.2 Å². The second-order valence-electron chi connectivity index (χ2n) is 7.28. The molecule has 2 aliphatic rings. The van der Waals surface area contributed by atoms with Gasteiger partial charge in [0, 0.05) is 37.2 Å². The average molecular weight is 425 g/mol. The Bertz CT molecular complexity index is 598. The molecule has 144 valence electrons. The third kappa shape index (κ3) is 4.14. The number of hydrogen-bond acceptors (Lipinski definition) is 4. The van der Waals surface area contributed by atoms with Gasteiger partial charge in [-0.1, -0.05) is 15.9 Å². The van der Waals surface area contributed by atoms with Crippen molar-refractivity contribution in [2.45, 2.75) is 43.9 Å². The first-order valence-electron chi connectivity index (χ1n) is 9.48. The van der Waals surface area contributed by atoms with Crippen molar-refractivity contribution < 1.29 is 14.3 Å². The first-order chi connectivity index (χ1) is 12.6. The van der Waals surface area contributed by atoms with E-state index in [0.29, 0.717) is 18.0 Å². The van der Waals surface area contributed by atoms with Gasteiger partial charge in [-0.3, -0.25) is 9.69 Å². The van der Waals surface area contributed by atoms with Gasteiger partial charge in [0.2, 0.25) is 0 Å². The lowest BCUT2D eigenvalue weighted by atomic mass is 9.78. The van der Waals surface area contributed by atoms with Crippen molar-refractivity contribution in [3.05, 3.63) is 34.3 Å². The van der Waals surface area contributed by atoms with Gasteiger partial charge in [-0.15, -0.1) is 0 Å². The van der Waals surface area contributed by atoms with Crippen LogP contribution in [0.5, 0.6) is 0 Å². The SMILES string of the molecule is COC1(OC)CCCC(CNC(=O)c2ccc(Br)cc2)C1N1CCCC1. The van der Waals surface area contributed by atoms with Crippen molar-refractivity contribution in [2.75, 3.05) is 33.9 Å². The summed E-state index contributed by atoms with van der Waals surface area (Å²) in [6, 6.07) is 7.64. The molecule has 2 fully saturated rings. The summed E-state index contributed by atoms with van der Waals surface area (Å²) in [5.41, 5.74) is 0.687. The van der Waals surface area contributed by atoms with Crippen LogP contribution in [0.25, 0.3) is 0 Å². The Kier molecular flexibility index (Phi) is 6.72. The first-order valence-corrected chi connectivity index (χ1v) is 10.3. The van der Waals surface area contributed by atoms with Gasteiger partial charge in [0.25, 0.3) is 5.91 Å². The number of carbonyl (C=O) groups is 1. The second kappa shape index (κ2) is 8.83. The highest BCUT2D eigenvalue weighted by atomic mass is 79.9. The fourth-order valence-corrected chi connectivity index (χ4v) is 4.81. The summed E-state index contributed by atoms with van der Waals surface area (Å²) < 4.78 is 12.8. The molecule has 6 heteroatoms. The smallest absolute Gasteiger partial charge is 0.251 e. The molecular weight excluding hydrogens is 396 g/mol. The molecule has 1 saturated carbocycles. The van der Waals surface area contributed by atoms with Crippen molar-refractivity contribution in [2.24, 2.45) is 5.92 Å². The number of halogens is 1. The van der Waals surface area contributed by atoms with Crippen molar-refractivity contribution in [3.8, 4) is 0 Å². The average Bonchev–Trinajstić information content (AvgIpc) is 3.20. The van der Waals surface area contributed by atoms with E-state index in [2.05, 4.69) is 26.1 Å². The number of carbonyl (C=O) groups excluding carboxylic acids is 1. The Morgan fingerprint density at radius 3 is 2.46 bits per heavy atom. The molecule has 1 amide bonds. The molecule has 1 aromatic carbocycles. The number of rotatable bonds is 6. The summed E-state index contributed by atoms with van der Waals surface area (Å²) in [7, 11) is 3.49. The van der Waals surface area contributed by atoms with Crippen LogP contribution in [0.1, 0.15) is 42.5 Å². The van der Waals surface area contributed by atoms with Gasteiger partial charge >= 0.3 is 0 Å². The summed E-state index contributed by atoms with van der Waals surface area (Å²) in [5, 5.41) is 3.14. The van der Waals surface area contributed by atoms with Crippen LogP contribution in [0, 0.1) is 5.92 Å². The quantitative estimate of drug-likeness (QED) is 0.710. The third-order valence-corrected chi connectivity index (χ3v) is 6.38. The van der Waals surface area contributed by atoms with E-state index in [9.17, 15) is 4.79 Å². The van der Waals surface area contributed by atoms with Crippen LogP contribution >= 0.6 is 15.9 Å². The molecule has 3 rings (SSSR count). The Morgan fingerprint density at radius 1 is 1.19 bits per heavy atom. The molecule has 0 spiro atoms. The second-order valence-corrected chi connectivity index (χ2v) is 8.19. The van der Waals surface area contributed by atoms with Gasteiger partial charge in [0.1, 0.15) is 0 Å². The van der Waals surface area contributed by atoms with Crippen LogP contribution in [0.2, 0.25) is 0 Å². The van der Waals surface area contributed by atoms with E-state index in [4.69, 9.17) is 9.47 Å². The van der Waals surface area contributed by atoms with Crippen LogP contribution in [0.3, 0.4) is 0 Å². The van der Waals surface area contributed by atoms with Crippen molar-refractivity contribution >= 4 is 21.8 Å². The molecular formula is C20H29BrN2O3. The van der Waals surface area contributed by atoms with E-state index in [1.54, 1.807) is 14.2 Å². The number of likely N-dealkylation sites (tertiary alicyclic amines) is 1. The fraction of sp³-hybridized carbons (Fsp3) is 0.650. The summed E-state index contributed by atoms with van der Waals surface area (Å²) in [6.45, 7) is 2.80. The zero-order chi connectivity index (χ0) is 18.6. The van der Waals surface area contributed by atoms with Gasteiger partial charge in [-0.2, -0.15) is 0 Å². The van der Waals surface area contributed by atoms with Crippen LogP contribution in [0.15, 0.2) is 28.7 Å². The van der Waals surface area contributed by atoms with E-state index < -0.39 is 5.79 Å². The summed E-state index contributed by atoms with van der Waals surface area (Å²) in [6.07, 6.45) is 5.47. The molecule has 2 atom stereocenters. The van der Waals surface area contributed by atoms with E-state index in [1.165, 1.54) is 12.8 Å². The molecule has 1 aliphatic heterocycles. The van der Waals surface area contributed by atoms with Gasteiger partial charge < -0.3 is 14.8 Å². The Balaban J connectivity index is 1.71. The predicted octanol–water partition coefficient (Wildman–Crippen LogP) is 3.43. The molecule has 26 heavy (non-hydrogen) atoms. The third-order valence-electron chi connectivity index (χ3n) is 5.85. The highest BCUT2D eigenvalue weighted by Gasteiger charge is 2.49. The maximum atomic E-state index is 12.5. The first kappa shape index (κ1) is 19.8. The number of methoxy groups -OCH3 is 2. The molecule has 0 radical (unpaired) electrons. The zero-order valence-electron chi connectivity index (χ0n) is 15.7. The number of ether oxygens (including phenoxy) is 2. The minimum absolute atomic E-state index is 0.0244. The van der Waals surface area contributed by atoms with Gasteiger partial charge in [-0.05, 0) is 69.0 Å². The summed E-state index contributed by atoms with van der Waals surface area (Å²) >= 11 is 3.40. The standard InChI is InChI=1S/C20H29BrN2O3/c1-25-20(26-2)11-5-6-16(18(20)23-12-3-4-13-23)14-22-19(24)15-7-9-17(21)10-8-15/h7-10,16,18H,3-6,11-14H2,1-2H3,(H,22,24). The predicted molar refractivity (Wildman–Crippen MR) is 105 cm³/mol. The van der Waals surface area contributed by atoms with Crippen molar-refractivity contribution in [3.63, 3.8) is 0 Å². The van der Waals surface area contributed by atoms with Crippen LogP contribution in [0.4, 0.5) is 0 Å². The lowest BCUT2D eigenvalue weighted by Gasteiger charge is -2.49. The molecule has 1 aromatic rings. The van der Waals surface area contributed by atoms with E-state index in [-0.39, 0.29) is 11.9 Å². The van der Waals surface area contributed by atoms with Crippen LogP contribution in [-0.2, 0) is 9.47 Å². The maximum Gasteiger partial charge on any atom is 0.251 e. The van der Waals surface area contributed by atoms with Gasteiger partial charge in [0.15, 0.2) is 5.79 Å². The number of amides is 1. The van der Waals surface area contributed by atoms with E-state index in [0.717, 1.165) is 36.8 Å². The largest absolute Gasteiger partial charge is 0.352 e. The highest BCUT2D eigenvalue weighted by Crippen LogP contribution is 2.40. The lowest BCUT2D eigenvalue weighted by Crippen LogP contribution is -2.61. The molecule has 5 nitrogen and oxygen atoms in total. The summed E-state index contributed by atoms with van der Waals surface area (Å²) in [4.78, 5) is 15.0. The Hall–Kier alpha value is -0.950. The number of nitrogens with zero attached hydrogens (tertiary/aromatic N) is 1. The normalized spacial score (nSPS) is 26.0.